The van der Waals surface area contributed by atoms with Crippen molar-refractivity contribution in [1.82, 2.24) is 10.2 Å². The summed E-state index contributed by atoms with van der Waals surface area (Å²) in [6.07, 6.45) is 4.31. The summed E-state index contributed by atoms with van der Waals surface area (Å²) in [6, 6.07) is 4.27. The molecule has 1 heterocycles. The van der Waals surface area contributed by atoms with Gasteiger partial charge in [-0.25, -0.2) is 0 Å². The first-order valence-corrected chi connectivity index (χ1v) is 8.48. The lowest BCUT2D eigenvalue weighted by Gasteiger charge is -2.25. The van der Waals surface area contributed by atoms with E-state index in [1.807, 2.05) is 12.1 Å². The van der Waals surface area contributed by atoms with Crippen molar-refractivity contribution in [2.24, 2.45) is 11.8 Å². The van der Waals surface area contributed by atoms with Crippen molar-refractivity contribution in [1.29, 1.82) is 0 Å². The molecule has 122 valence electrons. The van der Waals surface area contributed by atoms with Gasteiger partial charge in [-0.1, -0.05) is 27.7 Å². The molecule has 3 heteroatoms. The molecule has 1 atom stereocenters. The Morgan fingerprint density at radius 2 is 1.62 bits per heavy atom. The minimum absolute atomic E-state index is 0.289. The predicted octanol–water partition coefficient (Wildman–Crippen LogP) is 4.32. The van der Waals surface area contributed by atoms with Gasteiger partial charge in [0.25, 0.3) is 0 Å². The lowest BCUT2D eigenvalue weighted by molar-refractivity contribution is 0.239. The second-order valence-electron chi connectivity index (χ2n) is 6.90. The highest BCUT2D eigenvalue weighted by Crippen LogP contribution is 2.12. The molecule has 0 aliphatic rings. The number of hydrogen-bond donors (Lipinski definition) is 1. The van der Waals surface area contributed by atoms with Crippen molar-refractivity contribution < 1.29 is 4.42 Å². The molecule has 3 nitrogen and oxygen atoms in total. The van der Waals surface area contributed by atoms with E-state index >= 15 is 0 Å². The van der Waals surface area contributed by atoms with E-state index < -0.39 is 0 Å². The van der Waals surface area contributed by atoms with Gasteiger partial charge in [0.15, 0.2) is 0 Å². The molecule has 1 N–H and O–H groups in total. The van der Waals surface area contributed by atoms with Gasteiger partial charge in [0.1, 0.15) is 5.76 Å². The molecule has 0 bridgehead atoms. The molecule has 0 amide bonds. The molecule has 0 spiro atoms. The Kier molecular flexibility index (Phi) is 8.70. The standard InChI is InChI=1S/C18H34N2O/c1-15(2)8-11-20(12-9-16(3)4)13-10-19-17(5)18-7-6-14-21-18/h6-7,14-17,19H,8-13H2,1-5H3. The fraction of sp³-hybridized carbons (Fsp3) is 0.778. The van der Waals surface area contributed by atoms with Crippen molar-refractivity contribution in [3.8, 4) is 0 Å². The van der Waals surface area contributed by atoms with Gasteiger partial charge in [-0.3, -0.25) is 0 Å². The molecule has 1 unspecified atom stereocenters. The van der Waals surface area contributed by atoms with Gasteiger partial charge in [0.05, 0.1) is 12.3 Å². The number of rotatable bonds is 11. The molecule has 0 aliphatic heterocycles. The molecule has 0 saturated carbocycles. The van der Waals surface area contributed by atoms with E-state index in [4.69, 9.17) is 4.42 Å². The Bertz CT molecular complexity index is 334. The van der Waals surface area contributed by atoms with Gasteiger partial charge in [-0.05, 0) is 56.8 Å². The second kappa shape index (κ2) is 10.0. The summed E-state index contributed by atoms with van der Waals surface area (Å²) in [4.78, 5) is 2.60. The van der Waals surface area contributed by atoms with E-state index in [2.05, 4.69) is 44.8 Å². The zero-order valence-electron chi connectivity index (χ0n) is 14.6. The van der Waals surface area contributed by atoms with Crippen LogP contribution in [0.5, 0.6) is 0 Å². The maximum absolute atomic E-state index is 5.43. The first kappa shape index (κ1) is 18.2. The molecule has 1 aromatic heterocycles. The summed E-state index contributed by atoms with van der Waals surface area (Å²) in [6.45, 7) is 15.9. The highest BCUT2D eigenvalue weighted by molar-refractivity contribution is 5.02. The number of nitrogens with zero attached hydrogens (tertiary/aromatic N) is 1. The van der Waals surface area contributed by atoms with Crippen LogP contribution < -0.4 is 5.32 Å². The summed E-state index contributed by atoms with van der Waals surface area (Å²) in [5, 5.41) is 3.56. The van der Waals surface area contributed by atoms with Crippen LogP contribution in [0, 0.1) is 11.8 Å². The zero-order valence-corrected chi connectivity index (χ0v) is 14.6. The van der Waals surface area contributed by atoms with Gasteiger partial charge in [-0.2, -0.15) is 0 Å². The van der Waals surface area contributed by atoms with Gasteiger partial charge in [-0.15, -0.1) is 0 Å². The first-order chi connectivity index (χ1) is 9.99. The molecule has 0 aliphatic carbocycles. The monoisotopic (exact) mass is 294 g/mol. The Balaban J connectivity index is 2.30. The maximum Gasteiger partial charge on any atom is 0.120 e. The Morgan fingerprint density at radius 1 is 1.00 bits per heavy atom. The summed E-state index contributed by atoms with van der Waals surface area (Å²) in [5.41, 5.74) is 0. The highest BCUT2D eigenvalue weighted by atomic mass is 16.3. The quantitative estimate of drug-likeness (QED) is 0.658. The minimum atomic E-state index is 0.289. The fourth-order valence-electron chi connectivity index (χ4n) is 2.29. The van der Waals surface area contributed by atoms with E-state index in [0.29, 0.717) is 0 Å². The molecule has 0 radical (unpaired) electrons. The topological polar surface area (TPSA) is 28.4 Å². The largest absolute Gasteiger partial charge is 0.468 e. The molecule has 1 aromatic rings. The van der Waals surface area contributed by atoms with Gasteiger partial charge >= 0.3 is 0 Å². The van der Waals surface area contributed by atoms with Crippen molar-refractivity contribution in [3.63, 3.8) is 0 Å². The smallest absolute Gasteiger partial charge is 0.120 e. The van der Waals surface area contributed by atoms with E-state index in [-0.39, 0.29) is 6.04 Å². The van der Waals surface area contributed by atoms with Crippen LogP contribution >= 0.6 is 0 Å². The lowest BCUT2D eigenvalue weighted by atomic mass is 10.1. The minimum Gasteiger partial charge on any atom is -0.468 e. The van der Waals surface area contributed by atoms with Gasteiger partial charge in [0.2, 0.25) is 0 Å². The lowest BCUT2D eigenvalue weighted by Crippen LogP contribution is -2.35. The second-order valence-corrected chi connectivity index (χ2v) is 6.90. The van der Waals surface area contributed by atoms with Crippen molar-refractivity contribution in [2.75, 3.05) is 26.2 Å². The van der Waals surface area contributed by atoms with Crippen LogP contribution in [0.25, 0.3) is 0 Å². The number of hydrogen-bond acceptors (Lipinski definition) is 3. The van der Waals surface area contributed by atoms with Crippen molar-refractivity contribution >= 4 is 0 Å². The molecular formula is C18H34N2O. The van der Waals surface area contributed by atoms with Crippen molar-refractivity contribution in [2.45, 2.75) is 53.5 Å². The molecule has 1 rings (SSSR count). The maximum atomic E-state index is 5.43. The van der Waals surface area contributed by atoms with E-state index in [1.165, 1.54) is 25.9 Å². The first-order valence-electron chi connectivity index (χ1n) is 8.48. The van der Waals surface area contributed by atoms with Crippen LogP contribution in [0.4, 0.5) is 0 Å². The third kappa shape index (κ3) is 8.27. The Hall–Kier alpha value is -0.800. The van der Waals surface area contributed by atoms with Crippen molar-refractivity contribution in [3.05, 3.63) is 24.2 Å². The zero-order chi connectivity index (χ0) is 15.7. The Labute approximate surface area is 131 Å². The van der Waals surface area contributed by atoms with E-state index in [9.17, 15) is 0 Å². The normalized spacial score (nSPS) is 13.5. The predicted molar refractivity (Wildman–Crippen MR) is 90.5 cm³/mol. The third-order valence-electron chi connectivity index (χ3n) is 3.89. The Morgan fingerprint density at radius 3 is 2.10 bits per heavy atom. The molecular weight excluding hydrogens is 260 g/mol. The fourth-order valence-corrected chi connectivity index (χ4v) is 2.29. The van der Waals surface area contributed by atoms with Crippen LogP contribution in [0.15, 0.2) is 22.8 Å². The average Bonchev–Trinajstić information content (AvgIpc) is 2.94. The SMILES string of the molecule is CC(C)CCN(CCNC(C)c1ccco1)CCC(C)C. The summed E-state index contributed by atoms with van der Waals surface area (Å²) >= 11 is 0. The van der Waals surface area contributed by atoms with Crippen LogP contribution in [0.3, 0.4) is 0 Å². The summed E-state index contributed by atoms with van der Waals surface area (Å²) < 4.78 is 5.43. The molecule has 21 heavy (non-hydrogen) atoms. The van der Waals surface area contributed by atoms with Crippen LogP contribution in [0.2, 0.25) is 0 Å². The highest BCUT2D eigenvalue weighted by Gasteiger charge is 2.10. The van der Waals surface area contributed by atoms with Gasteiger partial charge in [0, 0.05) is 13.1 Å². The van der Waals surface area contributed by atoms with E-state index in [0.717, 1.165) is 30.7 Å². The van der Waals surface area contributed by atoms with Crippen LogP contribution in [-0.2, 0) is 0 Å². The third-order valence-corrected chi connectivity index (χ3v) is 3.89. The number of nitrogens with one attached hydrogen (secondary N) is 1. The van der Waals surface area contributed by atoms with E-state index in [1.54, 1.807) is 6.26 Å². The summed E-state index contributed by atoms with van der Waals surface area (Å²) in [5.74, 6) is 2.58. The summed E-state index contributed by atoms with van der Waals surface area (Å²) in [7, 11) is 0. The number of furan rings is 1. The molecule has 0 aromatic carbocycles. The van der Waals surface area contributed by atoms with Crippen LogP contribution in [-0.4, -0.2) is 31.1 Å². The van der Waals surface area contributed by atoms with Crippen LogP contribution in [0.1, 0.15) is 59.3 Å². The van der Waals surface area contributed by atoms with Gasteiger partial charge < -0.3 is 14.6 Å². The average molecular weight is 294 g/mol. The molecule has 0 fully saturated rings. The molecule has 0 saturated heterocycles.